The topological polar surface area (TPSA) is 90.2 Å². The number of hydrogen-bond donors (Lipinski definition) is 4. The number of ether oxygens (including phenoxy) is 1. The van der Waals surface area contributed by atoms with Gasteiger partial charge in [0.2, 0.25) is 0 Å². The van der Waals surface area contributed by atoms with E-state index >= 15 is 0 Å². The maximum atomic E-state index is 9.15. The van der Waals surface area contributed by atoms with Gasteiger partial charge >= 0.3 is 0 Å². The summed E-state index contributed by atoms with van der Waals surface area (Å²) >= 11 is 0. The average Bonchev–Trinajstić information content (AvgIpc) is 2.19. The Kier molecular flexibility index (Phi) is 1.93. The first kappa shape index (κ1) is 7.90. The lowest BCUT2D eigenvalue weighted by Crippen LogP contribution is -2.46. The van der Waals surface area contributed by atoms with Crippen LogP contribution in [0.5, 0.6) is 0 Å². The molecular weight excluding hydrogens is 140 g/mol. The first-order chi connectivity index (χ1) is 4.60. The van der Waals surface area contributed by atoms with Gasteiger partial charge in [-0.05, 0) is 0 Å². The number of aliphatic hydroxyl groups excluding tert-OH is 3. The van der Waals surface area contributed by atoms with E-state index in [4.69, 9.17) is 20.4 Å². The highest BCUT2D eigenvalue weighted by atomic mass is 16.6. The van der Waals surface area contributed by atoms with Crippen LogP contribution in [-0.2, 0) is 4.74 Å². The molecule has 3 atom stereocenters. The Morgan fingerprint density at radius 1 is 1.50 bits per heavy atom. The van der Waals surface area contributed by atoms with Crippen molar-refractivity contribution in [2.24, 2.45) is 0 Å². The zero-order valence-corrected chi connectivity index (χ0v) is 5.27. The lowest BCUT2D eigenvalue weighted by molar-refractivity contribution is -0.128. The molecule has 0 bridgehead atoms. The van der Waals surface area contributed by atoms with Crippen molar-refractivity contribution in [2.75, 3.05) is 13.2 Å². The second kappa shape index (κ2) is 2.44. The van der Waals surface area contributed by atoms with E-state index in [1.54, 1.807) is 0 Å². The summed E-state index contributed by atoms with van der Waals surface area (Å²) in [6, 6.07) is 0. The summed E-state index contributed by atoms with van der Waals surface area (Å²) in [7, 11) is 0. The summed E-state index contributed by atoms with van der Waals surface area (Å²) in [4.78, 5) is 0. The van der Waals surface area contributed by atoms with Gasteiger partial charge in [0, 0.05) is 0 Å². The second-order valence-electron chi connectivity index (χ2n) is 2.41. The number of hydrogen-bond acceptors (Lipinski definition) is 5. The Hall–Kier alpha value is -0.200. The Morgan fingerprint density at radius 3 is 2.30 bits per heavy atom. The highest BCUT2D eigenvalue weighted by Crippen LogP contribution is 2.22. The quantitative estimate of drug-likeness (QED) is 0.329. The van der Waals surface area contributed by atoms with Gasteiger partial charge in [-0.2, -0.15) is 0 Å². The Morgan fingerprint density at radius 2 is 2.10 bits per heavy atom. The normalized spacial score (nSPS) is 48.0. The molecule has 5 nitrogen and oxygen atoms in total. The Bertz CT molecular complexity index is 127. The zero-order chi connectivity index (χ0) is 7.78. The van der Waals surface area contributed by atoms with E-state index in [-0.39, 0.29) is 6.61 Å². The summed E-state index contributed by atoms with van der Waals surface area (Å²) in [6.07, 6.45) is -2.81. The third-order valence-electron chi connectivity index (χ3n) is 1.60. The van der Waals surface area contributed by atoms with E-state index in [1.807, 2.05) is 0 Å². The van der Waals surface area contributed by atoms with Crippen LogP contribution < -0.4 is 0 Å². The molecule has 0 radical (unpaired) electrons. The predicted octanol–water partition coefficient (Wildman–Crippen LogP) is -2.58. The summed E-state index contributed by atoms with van der Waals surface area (Å²) in [5, 5.41) is 35.3. The molecule has 1 fully saturated rings. The minimum Gasteiger partial charge on any atom is -0.393 e. The molecule has 0 saturated carbocycles. The van der Waals surface area contributed by atoms with Gasteiger partial charge in [0.15, 0.2) is 6.29 Å². The highest BCUT2D eigenvalue weighted by molar-refractivity contribution is 4.92. The highest BCUT2D eigenvalue weighted by Gasteiger charge is 2.46. The molecule has 0 amide bonds. The van der Waals surface area contributed by atoms with Gasteiger partial charge in [0.25, 0.3) is 0 Å². The first-order valence-electron chi connectivity index (χ1n) is 2.91. The van der Waals surface area contributed by atoms with E-state index in [0.717, 1.165) is 0 Å². The molecule has 1 aliphatic heterocycles. The van der Waals surface area contributed by atoms with Gasteiger partial charge in [-0.25, -0.2) is 0 Å². The van der Waals surface area contributed by atoms with Crippen LogP contribution >= 0.6 is 0 Å². The van der Waals surface area contributed by atoms with E-state index in [1.165, 1.54) is 0 Å². The molecule has 0 aromatic carbocycles. The van der Waals surface area contributed by atoms with Crippen molar-refractivity contribution in [1.82, 2.24) is 0 Å². The van der Waals surface area contributed by atoms with Crippen LogP contribution in [0.1, 0.15) is 0 Å². The van der Waals surface area contributed by atoms with E-state index in [0.29, 0.717) is 0 Å². The van der Waals surface area contributed by atoms with Gasteiger partial charge in [0.1, 0.15) is 11.7 Å². The molecule has 4 N–H and O–H groups in total. The van der Waals surface area contributed by atoms with Crippen molar-refractivity contribution in [2.45, 2.75) is 18.0 Å². The van der Waals surface area contributed by atoms with Crippen molar-refractivity contribution in [3.63, 3.8) is 0 Å². The van der Waals surface area contributed by atoms with Crippen LogP contribution in [0.3, 0.4) is 0 Å². The van der Waals surface area contributed by atoms with E-state index in [2.05, 4.69) is 4.74 Å². The molecule has 0 spiro atoms. The van der Waals surface area contributed by atoms with Crippen molar-refractivity contribution in [3.05, 3.63) is 0 Å². The third-order valence-corrected chi connectivity index (χ3v) is 1.60. The average molecular weight is 150 g/mol. The molecule has 60 valence electrons. The first-order valence-corrected chi connectivity index (χ1v) is 2.91. The molecule has 5 heteroatoms. The standard InChI is InChI=1S/C5H10O5/c6-1-5(9)2-10-4(8)3(5)7/h3-4,6-9H,1-2H2/t3-,4-,5-/m0/s1. The van der Waals surface area contributed by atoms with Crippen molar-refractivity contribution in [3.8, 4) is 0 Å². The lowest BCUT2D eigenvalue weighted by Gasteiger charge is -2.21. The van der Waals surface area contributed by atoms with Gasteiger partial charge in [-0.3, -0.25) is 0 Å². The molecule has 0 aliphatic carbocycles. The van der Waals surface area contributed by atoms with Crippen molar-refractivity contribution >= 4 is 0 Å². The molecule has 1 rings (SSSR count). The fourth-order valence-corrected chi connectivity index (χ4v) is 0.811. The zero-order valence-electron chi connectivity index (χ0n) is 5.27. The monoisotopic (exact) mass is 150 g/mol. The molecule has 0 aromatic rings. The molecule has 1 heterocycles. The largest absolute Gasteiger partial charge is 0.393 e. The fourth-order valence-electron chi connectivity index (χ4n) is 0.811. The van der Waals surface area contributed by atoms with E-state index < -0.39 is 24.6 Å². The fraction of sp³-hybridized carbons (Fsp3) is 1.00. The minimum absolute atomic E-state index is 0.244. The summed E-state index contributed by atoms with van der Waals surface area (Å²) < 4.78 is 4.47. The molecule has 1 aliphatic rings. The predicted molar refractivity (Wildman–Crippen MR) is 30.0 cm³/mol. The van der Waals surface area contributed by atoms with Crippen LogP contribution in [0, 0.1) is 0 Å². The lowest BCUT2D eigenvalue weighted by atomic mass is 10.0. The van der Waals surface area contributed by atoms with Crippen molar-refractivity contribution < 1.29 is 25.2 Å². The minimum atomic E-state index is -1.70. The molecule has 0 unspecified atom stereocenters. The molecule has 10 heavy (non-hydrogen) atoms. The van der Waals surface area contributed by atoms with Gasteiger partial charge in [0.05, 0.1) is 13.2 Å². The SMILES string of the molecule is OC[C@]1(O)CO[C@H](O)[C@@H]1O. The Balaban J connectivity index is 2.64. The molecule has 0 aromatic heterocycles. The molecule has 1 saturated heterocycles. The second-order valence-corrected chi connectivity index (χ2v) is 2.41. The smallest absolute Gasteiger partial charge is 0.184 e. The van der Waals surface area contributed by atoms with E-state index in [9.17, 15) is 0 Å². The van der Waals surface area contributed by atoms with Crippen LogP contribution in [0.4, 0.5) is 0 Å². The van der Waals surface area contributed by atoms with Crippen molar-refractivity contribution in [1.29, 1.82) is 0 Å². The van der Waals surface area contributed by atoms with Gasteiger partial charge < -0.3 is 25.2 Å². The summed E-state index contributed by atoms with van der Waals surface area (Å²) in [5.74, 6) is 0. The van der Waals surface area contributed by atoms with Crippen LogP contribution in [0.2, 0.25) is 0 Å². The van der Waals surface area contributed by atoms with Crippen LogP contribution in [0.15, 0.2) is 0 Å². The maximum Gasteiger partial charge on any atom is 0.184 e. The van der Waals surface area contributed by atoms with Crippen LogP contribution in [0.25, 0.3) is 0 Å². The Labute approximate surface area is 57.5 Å². The number of aliphatic hydroxyl groups is 4. The maximum absolute atomic E-state index is 9.15. The third kappa shape index (κ3) is 1.02. The molecular formula is C5H10O5. The summed E-state index contributed by atoms with van der Waals surface area (Å²) in [5.41, 5.74) is -1.70. The van der Waals surface area contributed by atoms with Gasteiger partial charge in [-0.1, -0.05) is 0 Å². The number of rotatable bonds is 1. The van der Waals surface area contributed by atoms with Crippen LogP contribution in [-0.4, -0.2) is 51.6 Å². The summed E-state index contributed by atoms with van der Waals surface area (Å²) in [6.45, 7) is -0.864. The van der Waals surface area contributed by atoms with Gasteiger partial charge in [-0.15, -0.1) is 0 Å².